The van der Waals surface area contributed by atoms with Crippen LogP contribution >= 0.6 is 0 Å². The highest BCUT2D eigenvalue weighted by Crippen LogP contribution is 2.52. The molecule has 1 N–H and O–H groups in total. The van der Waals surface area contributed by atoms with Crippen molar-refractivity contribution >= 4 is 23.4 Å². The summed E-state index contributed by atoms with van der Waals surface area (Å²) in [4.78, 5) is 43.3. The molecule has 8 nitrogen and oxygen atoms in total. The van der Waals surface area contributed by atoms with Gasteiger partial charge in [0.05, 0.1) is 30.8 Å². The number of benzene rings is 1. The number of pyridine rings is 1. The highest BCUT2D eigenvalue weighted by Gasteiger charge is 2.59. The number of nitrogens with zero attached hydrogens (tertiary/aromatic N) is 2. The van der Waals surface area contributed by atoms with Crippen LogP contribution in [0.4, 0.5) is 5.69 Å². The fourth-order valence-electron chi connectivity index (χ4n) is 4.95. The molecule has 0 spiro atoms. The molecule has 2 heterocycles. The molecule has 1 aromatic heterocycles. The summed E-state index contributed by atoms with van der Waals surface area (Å²) in [6.07, 6.45) is 6.38. The summed E-state index contributed by atoms with van der Waals surface area (Å²) in [5.74, 6) is 0.191. The van der Waals surface area contributed by atoms with Crippen LogP contribution in [-0.2, 0) is 14.4 Å². The lowest BCUT2D eigenvalue weighted by molar-refractivity contribution is -0.143. The predicted molar refractivity (Wildman–Crippen MR) is 115 cm³/mol. The van der Waals surface area contributed by atoms with Crippen molar-refractivity contribution in [3.8, 4) is 17.4 Å². The van der Waals surface area contributed by atoms with E-state index >= 15 is 0 Å². The number of hydrogen-bond donors (Lipinski definition) is 1. The number of ether oxygens (including phenoxy) is 2. The van der Waals surface area contributed by atoms with Gasteiger partial charge in [0.15, 0.2) is 11.5 Å². The summed E-state index contributed by atoms with van der Waals surface area (Å²) in [5, 5.41) is 2.69. The number of carbonyl (C=O) groups is 3. The minimum atomic E-state index is -0.442. The number of rotatable bonds is 6. The minimum absolute atomic E-state index is 0.124. The monoisotopic (exact) mass is 433 g/mol. The molecule has 2 aliphatic carbocycles. The largest absolute Gasteiger partial charge is 0.493 e. The van der Waals surface area contributed by atoms with Gasteiger partial charge in [0.25, 0.3) is 0 Å². The van der Waals surface area contributed by atoms with Crippen LogP contribution < -0.4 is 14.8 Å². The summed E-state index contributed by atoms with van der Waals surface area (Å²) >= 11 is 0. The molecular formula is C24H23N3O5. The lowest BCUT2D eigenvalue weighted by Gasteiger charge is -2.16. The van der Waals surface area contributed by atoms with Crippen LogP contribution in [0.3, 0.4) is 0 Å². The van der Waals surface area contributed by atoms with Gasteiger partial charge in [-0.2, -0.15) is 0 Å². The molecular weight excluding hydrogens is 410 g/mol. The molecule has 1 aromatic carbocycles. The molecule has 1 saturated carbocycles. The van der Waals surface area contributed by atoms with E-state index in [-0.39, 0.29) is 42.0 Å². The average molecular weight is 433 g/mol. The van der Waals surface area contributed by atoms with Gasteiger partial charge in [0.1, 0.15) is 6.54 Å². The van der Waals surface area contributed by atoms with E-state index < -0.39 is 5.91 Å². The zero-order valence-corrected chi connectivity index (χ0v) is 17.8. The number of amides is 3. The van der Waals surface area contributed by atoms with Crippen LogP contribution in [0.2, 0.25) is 0 Å². The Morgan fingerprint density at radius 2 is 1.81 bits per heavy atom. The standard InChI is InChI=1S/C24H23N3O5/c1-13-3-7-17(18(9-13)31-2)32-20-8-6-16(11-25-20)26-19(28)12-27-23(29)21-14-4-5-15(10-14)22(21)24(27)30/h3-9,11,14-15,21-22H,10,12H2,1-2H3,(H,26,28). The number of methoxy groups -OCH3 is 1. The van der Waals surface area contributed by atoms with E-state index in [0.717, 1.165) is 16.9 Å². The summed E-state index contributed by atoms with van der Waals surface area (Å²) in [5.41, 5.74) is 1.49. The second kappa shape index (κ2) is 7.78. The Bertz CT molecular complexity index is 1100. The number of aryl methyl sites for hydroxylation is 1. The van der Waals surface area contributed by atoms with Gasteiger partial charge >= 0.3 is 0 Å². The Morgan fingerprint density at radius 3 is 2.44 bits per heavy atom. The van der Waals surface area contributed by atoms with Crippen molar-refractivity contribution in [2.45, 2.75) is 13.3 Å². The first-order valence-corrected chi connectivity index (χ1v) is 10.6. The lowest BCUT2D eigenvalue weighted by Crippen LogP contribution is -2.39. The van der Waals surface area contributed by atoms with Gasteiger partial charge in [-0.1, -0.05) is 18.2 Å². The summed E-state index contributed by atoms with van der Waals surface area (Å²) in [6, 6.07) is 8.83. The molecule has 1 saturated heterocycles. The number of fused-ring (bicyclic) bond motifs is 5. The van der Waals surface area contributed by atoms with Gasteiger partial charge in [-0.3, -0.25) is 19.3 Å². The van der Waals surface area contributed by atoms with Crippen LogP contribution in [0.15, 0.2) is 48.7 Å². The molecule has 164 valence electrons. The Kier molecular flexibility index (Phi) is 4.92. The number of carbonyl (C=O) groups excluding carboxylic acids is 3. The molecule has 5 rings (SSSR count). The van der Waals surface area contributed by atoms with Gasteiger partial charge in [-0.15, -0.1) is 0 Å². The molecule has 0 radical (unpaired) electrons. The molecule has 2 fully saturated rings. The van der Waals surface area contributed by atoms with E-state index in [9.17, 15) is 14.4 Å². The lowest BCUT2D eigenvalue weighted by atomic mass is 9.85. The SMILES string of the molecule is COc1cc(C)ccc1Oc1ccc(NC(=O)CN2C(=O)C3C4C=CC(C4)C3C2=O)cn1. The van der Waals surface area contributed by atoms with Crippen LogP contribution in [-0.4, -0.2) is 41.3 Å². The van der Waals surface area contributed by atoms with Crippen molar-refractivity contribution in [1.82, 2.24) is 9.88 Å². The Balaban J connectivity index is 1.20. The maximum Gasteiger partial charge on any atom is 0.244 e. The molecule has 8 heteroatoms. The third-order valence-corrected chi connectivity index (χ3v) is 6.42. The first-order chi connectivity index (χ1) is 15.4. The third-order valence-electron chi connectivity index (χ3n) is 6.42. The number of allylic oxidation sites excluding steroid dienone is 2. The number of hydrogen-bond acceptors (Lipinski definition) is 6. The van der Waals surface area contributed by atoms with Crippen LogP contribution in [0.5, 0.6) is 17.4 Å². The van der Waals surface area contributed by atoms with Gasteiger partial charge in [0.2, 0.25) is 23.6 Å². The van der Waals surface area contributed by atoms with Crippen LogP contribution in [0.1, 0.15) is 12.0 Å². The van der Waals surface area contributed by atoms with E-state index in [1.54, 1.807) is 25.3 Å². The maximum atomic E-state index is 12.7. The van der Waals surface area contributed by atoms with E-state index in [1.165, 1.54) is 6.20 Å². The fourth-order valence-corrected chi connectivity index (χ4v) is 4.95. The molecule has 3 aliphatic rings. The summed E-state index contributed by atoms with van der Waals surface area (Å²) < 4.78 is 11.1. The number of aromatic nitrogens is 1. The molecule has 4 atom stereocenters. The second-order valence-corrected chi connectivity index (χ2v) is 8.45. The number of nitrogens with one attached hydrogen (secondary N) is 1. The van der Waals surface area contributed by atoms with E-state index in [4.69, 9.17) is 9.47 Å². The van der Waals surface area contributed by atoms with Crippen molar-refractivity contribution in [2.75, 3.05) is 19.0 Å². The first-order valence-electron chi connectivity index (χ1n) is 10.6. The highest BCUT2D eigenvalue weighted by atomic mass is 16.5. The van der Waals surface area contributed by atoms with Crippen molar-refractivity contribution in [3.63, 3.8) is 0 Å². The quantitative estimate of drug-likeness (QED) is 0.556. The van der Waals surface area contributed by atoms with Crippen LogP contribution in [0.25, 0.3) is 0 Å². The van der Waals surface area contributed by atoms with Crippen molar-refractivity contribution < 1.29 is 23.9 Å². The molecule has 1 aliphatic heterocycles. The second-order valence-electron chi connectivity index (χ2n) is 8.45. The molecule has 3 amide bonds. The molecule has 4 unspecified atom stereocenters. The molecule has 2 bridgehead atoms. The van der Waals surface area contributed by atoms with E-state index in [1.807, 2.05) is 31.2 Å². The number of anilines is 1. The summed E-state index contributed by atoms with van der Waals surface area (Å²) in [6.45, 7) is 1.67. The summed E-state index contributed by atoms with van der Waals surface area (Å²) in [7, 11) is 1.57. The topological polar surface area (TPSA) is 97.8 Å². The van der Waals surface area contributed by atoms with Gasteiger partial charge < -0.3 is 14.8 Å². The van der Waals surface area contributed by atoms with Gasteiger partial charge in [-0.05, 0) is 48.9 Å². The Hall–Kier alpha value is -3.68. The Morgan fingerprint density at radius 1 is 1.09 bits per heavy atom. The van der Waals surface area contributed by atoms with Crippen LogP contribution in [0, 0.1) is 30.6 Å². The zero-order valence-electron chi connectivity index (χ0n) is 17.8. The van der Waals surface area contributed by atoms with Crippen molar-refractivity contribution in [3.05, 3.63) is 54.2 Å². The van der Waals surface area contributed by atoms with Gasteiger partial charge in [-0.25, -0.2) is 4.98 Å². The minimum Gasteiger partial charge on any atom is -0.493 e. The average Bonchev–Trinajstić information content (AvgIpc) is 3.46. The predicted octanol–water partition coefficient (Wildman–Crippen LogP) is 2.94. The van der Waals surface area contributed by atoms with Crippen molar-refractivity contribution in [2.24, 2.45) is 23.7 Å². The zero-order chi connectivity index (χ0) is 22.4. The molecule has 32 heavy (non-hydrogen) atoms. The maximum absolute atomic E-state index is 12.7. The first kappa shape index (κ1) is 20.2. The van der Waals surface area contributed by atoms with E-state index in [0.29, 0.717) is 23.1 Å². The smallest absolute Gasteiger partial charge is 0.244 e. The third kappa shape index (κ3) is 3.41. The fraction of sp³-hybridized carbons (Fsp3) is 0.333. The molecule has 2 aromatic rings. The van der Waals surface area contributed by atoms with E-state index in [2.05, 4.69) is 10.3 Å². The Labute approximate surface area is 185 Å². The van der Waals surface area contributed by atoms with Gasteiger partial charge in [0, 0.05) is 6.07 Å². The highest BCUT2D eigenvalue weighted by molar-refractivity contribution is 6.09. The number of likely N-dealkylation sites (tertiary alicyclic amines) is 1. The van der Waals surface area contributed by atoms with Crippen molar-refractivity contribution in [1.29, 1.82) is 0 Å². The number of imide groups is 1. The normalized spacial score (nSPS) is 25.2.